The van der Waals surface area contributed by atoms with Crippen LogP contribution in [0.4, 0.5) is 4.39 Å². The highest BCUT2D eigenvalue weighted by atomic mass is 19.1. The number of hydrogen-bond acceptors (Lipinski definition) is 3. The number of fused-ring (bicyclic) bond motifs is 1. The zero-order valence-electron chi connectivity index (χ0n) is 16.3. The van der Waals surface area contributed by atoms with Gasteiger partial charge in [-0.2, -0.15) is 0 Å². The normalized spacial score (nSPS) is 15.6. The molecule has 0 radical (unpaired) electrons. The average molecular weight is 405 g/mol. The molecule has 1 amide bonds. The van der Waals surface area contributed by atoms with E-state index < -0.39 is 23.0 Å². The highest BCUT2D eigenvalue weighted by molar-refractivity contribution is 6.03. The maximum absolute atomic E-state index is 14.1. The number of carbonyl (C=O) groups is 1. The number of para-hydroxylation sites is 1. The van der Waals surface area contributed by atoms with Crippen molar-refractivity contribution in [1.29, 1.82) is 0 Å². The van der Waals surface area contributed by atoms with Gasteiger partial charge in [0.25, 0.3) is 11.5 Å². The largest absolute Gasteiger partial charge is 0.506 e. The van der Waals surface area contributed by atoms with Gasteiger partial charge >= 0.3 is 0 Å². The number of aromatic hydroxyl groups is 1. The van der Waals surface area contributed by atoms with Gasteiger partial charge in [-0.3, -0.25) is 9.59 Å². The quantitative estimate of drug-likeness (QED) is 0.485. The van der Waals surface area contributed by atoms with E-state index in [1.807, 2.05) is 37.4 Å². The molecule has 0 saturated heterocycles. The Balaban J connectivity index is 1.60. The van der Waals surface area contributed by atoms with Crippen LogP contribution in [0.2, 0.25) is 0 Å². The second-order valence-corrected chi connectivity index (χ2v) is 7.79. The molecule has 5 rings (SSSR count). The summed E-state index contributed by atoms with van der Waals surface area (Å²) in [6, 6.07) is 10.1. The number of benzene rings is 2. The lowest BCUT2D eigenvalue weighted by molar-refractivity contribution is 0.0946. The summed E-state index contributed by atoms with van der Waals surface area (Å²) < 4.78 is 15.6. The monoisotopic (exact) mass is 405 g/mol. The molecule has 152 valence electrons. The standard InChI is InChI=1S/C23H20FN3O3/c1-12-5-6-14-9-16(24)10-17-20(14)27(12)23(30)18(21(17)28)22(29)26-11-15-4-2-3-13-7-8-25-19(13)15/h2-4,7-10,12,25,28H,5-6,11H2,1H3,(H,26,29). The summed E-state index contributed by atoms with van der Waals surface area (Å²) in [5.74, 6) is -1.66. The van der Waals surface area contributed by atoms with Crippen molar-refractivity contribution in [3.63, 3.8) is 0 Å². The first-order chi connectivity index (χ1) is 14.5. The molecule has 6 nitrogen and oxygen atoms in total. The van der Waals surface area contributed by atoms with Gasteiger partial charge in [-0.1, -0.05) is 18.2 Å². The van der Waals surface area contributed by atoms with Gasteiger partial charge in [-0.05, 0) is 54.5 Å². The van der Waals surface area contributed by atoms with E-state index in [0.717, 1.165) is 16.5 Å². The summed E-state index contributed by atoms with van der Waals surface area (Å²) in [4.78, 5) is 29.3. The van der Waals surface area contributed by atoms with Crippen molar-refractivity contribution in [2.45, 2.75) is 32.4 Å². The average Bonchev–Trinajstić information content (AvgIpc) is 3.20. The second kappa shape index (κ2) is 6.73. The van der Waals surface area contributed by atoms with Crippen LogP contribution in [-0.2, 0) is 13.0 Å². The van der Waals surface area contributed by atoms with Gasteiger partial charge in [0.15, 0.2) is 0 Å². The molecule has 3 N–H and O–H groups in total. The minimum absolute atomic E-state index is 0.155. The van der Waals surface area contributed by atoms with Crippen molar-refractivity contribution >= 4 is 27.7 Å². The van der Waals surface area contributed by atoms with E-state index in [2.05, 4.69) is 10.3 Å². The van der Waals surface area contributed by atoms with E-state index in [9.17, 15) is 19.1 Å². The van der Waals surface area contributed by atoms with Crippen LogP contribution in [0.15, 0.2) is 47.4 Å². The van der Waals surface area contributed by atoms with Crippen LogP contribution in [0, 0.1) is 5.82 Å². The van der Waals surface area contributed by atoms with E-state index in [-0.39, 0.29) is 23.5 Å². The van der Waals surface area contributed by atoms with Gasteiger partial charge in [0.2, 0.25) is 0 Å². The first kappa shape index (κ1) is 18.4. The van der Waals surface area contributed by atoms with Crippen molar-refractivity contribution in [3.05, 3.63) is 75.5 Å². The van der Waals surface area contributed by atoms with Crippen LogP contribution in [0.3, 0.4) is 0 Å². The molecule has 2 aromatic heterocycles. The molecule has 30 heavy (non-hydrogen) atoms. The maximum atomic E-state index is 14.1. The van der Waals surface area contributed by atoms with Crippen LogP contribution in [-0.4, -0.2) is 20.6 Å². The van der Waals surface area contributed by atoms with E-state index in [0.29, 0.717) is 23.9 Å². The summed E-state index contributed by atoms with van der Waals surface area (Å²) >= 11 is 0. The van der Waals surface area contributed by atoms with Crippen LogP contribution >= 0.6 is 0 Å². The van der Waals surface area contributed by atoms with Gasteiger partial charge in [-0.25, -0.2) is 4.39 Å². The maximum Gasteiger partial charge on any atom is 0.267 e. The molecule has 1 atom stereocenters. The molecule has 4 aromatic rings. The molecule has 0 spiro atoms. The molecule has 0 saturated carbocycles. The summed E-state index contributed by atoms with van der Waals surface area (Å²) in [6.45, 7) is 2.06. The molecular weight excluding hydrogens is 385 g/mol. The third-order valence-corrected chi connectivity index (χ3v) is 5.93. The summed E-state index contributed by atoms with van der Waals surface area (Å²) in [6.07, 6.45) is 3.09. The van der Waals surface area contributed by atoms with Crippen LogP contribution < -0.4 is 10.9 Å². The molecule has 7 heteroatoms. The van der Waals surface area contributed by atoms with E-state index in [4.69, 9.17) is 0 Å². The number of pyridine rings is 1. The Labute approximate surface area is 171 Å². The Kier molecular flexibility index (Phi) is 4.13. The van der Waals surface area contributed by atoms with Crippen LogP contribution in [0.25, 0.3) is 21.8 Å². The highest BCUT2D eigenvalue weighted by Crippen LogP contribution is 2.35. The Morgan fingerprint density at radius 3 is 3.00 bits per heavy atom. The van der Waals surface area contributed by atoms with Gasteiger partial charge in [-0.15, -0.1) is 0 Å². The third kappa shape index (κ3) is 2.69. The Hall–Kier alpha value is -3.61. The summed E-state index contributed by atoms with van der Waals surface area (Å²) in [5, 5.41) is 14.7. The number of halogens is 1. The smallest absolute Gasteiger partial charge is 0.267 e. The Morgan fingerprint density at radius 1 is 1.33 bits per heavy atom. The number of nitrogens with one attached hydrogen (secondary N) is 2. The van der Waals surface area contributed by atoms with E-state index in [1.165, 1.54) is 16.7 Å². The number of rotatable bonds is 3. The lowest BCUT2D eigenvalue weighted by Gasteiger charge is -2.26. The molecule has 0 bridgehead atoms. The number of aromatic nitrogens is 2. The zero-order chi connectivity index (χ0) is 21.0. The van der Waals surface area contributed by atoms with Gasteiger partial charge in [0.1, 0.15) is 17.1 Å². The lowest BCUT2D eigenvalue weighted by Crippen LogP contribution is -2.36. The molecule has 2 aromatic carbocycles. The number of aromatic amines is 1. The SMILES string of the molecule is CC1CCc2cc(F)cc3c(O)c(C(=O)NCc4cccc5cc[nH]c45)c(=O)n1c23. The van der Waals surface area contributed by atoms with E-state index >= 15 is 0 Å². The fourth-order valence-corrected chi connectivity index (χ4v) is 4.45. The first-order valence-corrected chi connectivity index (χ1v) is 9.88. The molecule has 1 aliphatic heterocycles. The Bertz CT molecular complexity index is 1390. The van der Waals surface area contributed by atoms with Crippen LogP contribution in [0.5, 0.6) is 5.75 Å². The first-order valence-electron chi connectivity index (χ1n) is 9.88. The molecular formula is C23H20FN3O3. The van der Waals surface area contributed by atoms with Gasteiger partial charge in [0, 0.05) is 24.2 Å². The lowest BCUT2D eigenvalue weighted by atomic mass is 9.95. The minimum atomic E-state index is -0.685. The minimum Gasteiger partial charge on any atom is -0.506 e. The fourth-order valence-electron chi connectivity index (χ4n) is 4.45. The molecule has 1 aliphatic rings. The number of H-pyrrole nitrogens is 1. The zero-order valence-corrected chi connectivity index (χ0v) is 16.3. The summed E-state index contributed by atoms with van der Waals surface area (Å²) in [7, 11) is 0. The summed E-state index contributed by atoms with van der Waals surface area (Å²) in [5.41, 5.74) is 2.01. The number of amides is 1. The second-order valence-electron chi connectivity index (χ2n) is 7.79. The predicted molar refractivity (Wildman–Crippen MR) is 112 cm³/mol. The van der Waals surface area contributed by atoms with Crippen molar-refractivity contribution in [2.75, 3.05) is 0 Å². The van der Waals surface area contributed by atoms with Gasteiger partial charge in [0.05, 0.1) is 11.0 Å². The molecule has 0 fully saturated rings. The highest BCUT2D eigenvalue weighted by Gasteiger charge is 2.28. The molecule has 0 aliphatic carbocycles. The predicted octanol–water partition coefficient (Wildman–Crippen LogP) is 3.76. The van der Waals surface area contributed by atoms with Crippen molar-refractivity contribution < 1.29 is 14.3 Å². The molecule has 3 heterocycles. The van der Waals surface area contributed by atoms with Crippen molar-refractivity contribution in [3.8, 4) is 5.75 Å². The van der Waals surface area contributed by atoms with Crippen molar-refractivity contribution in [2.24, 2.45) is 0 Å². The number of hydrogen-bond donors (Lipinski definition) is 3. The number of nitrogens with zero attached hydrogens (tertiary/aromatic N) is 1. The third-order valence-electron chi connectivity index (χ3n) is 5.93. The van der Waals surface area contributed by atoms with Crippen molar-refractivity contribution in [1.82, 2.24) is 14.9 Å². The number of aryl methyl sites for hydroxylation is 1. The number of carbonyl (C=O) groups excluding carboxylic acids is 1. The molecule has 1 unspecified atom stereocenters. The fraction of sp³-hybridized carbons (Fsp3) is 0.217. The van der Waals surface area contributed by atoms with E-state index in [1.54, 1.807) is 0 Å². The Morgan fingerprint density at radius 2 is 2.17 bits per heavy atom. The topological polar surface area (TPSA) is 87.1 Å². The van der Waals surface area contributed by atoms with Crippen LogP contribution in [0.1, 0.15) is 40.9 Å². The van der Waals surface area contributed by atoms with Gasteiger partial charge < -0.3 is 20.0 Å².